The van der Waals surface area contributed by atoms with Crippen LogP contribution in [0.1, 0.15) is 62.2 Å². The summed E-state index contributed by atoms with van der Waals surface area (Å²) in [5.41, 5.74) is 0.723. The Balaban J connectivity index is 1.50. The summed E-state index contributed by atoms with van der Waals surface area (Å²) in [7, 11) is 0. The lowest BCUT2D eigenvalue weighted by Crippen LogP contribution is -2.28. The van der Waals surface area contributed by atoms with Crippen molar-refractivity contribution in [3.63, 3.8) is 0 Å². The summed E-state index contributed by atoms with van der Waals surface area (Å²) >= 11 is 0. The normalized spacial score (nSPS) is 17.3. The Hall–Kier alpha value is -1.75. The molecule has 0 amide bonds. The summed E-state index contributed by atoms with van der Waals surface area (Å²) in [6.45, 7) is 2.56. The summed E-state index contributed by atoms with van der Waals surface area (Å²) in [6, 6.07) is 7.02. The summed E-state index contributed by atoms with van der Waals surface area (Å²) in [5.74, 6) is 1.77. The highest BCUT2D eigenvalue weighted by atomic mass is 19.1. The van der Waals surface area contributed by atoms with Crippen LogP contribution in [-0.4, -0.2) is 16.2 Å². The molecule has 1 aromatic heterocycles. The van der Waals surface area contributed by atoms with Crippen LogP contribution in [0.3, 0.4) is 0 Å². The van der Waals surface area contributed by atoms with Crippen molar-refractivity contribution in [3.05, 3.63) is 47.4 Å². The Labute approximate surface area is 136 Å². The van der Waals surface area contributed by atoms with E-state index in [2.05, 4.69) is 15.5 Å². The summed E-state index contributed by atoms with van der Waals surface area (Å²) in [5, 5.41) is 7.46. The van der Waals surface area contributed by atoms with E-state index in [4.69, 9.17) is 4.52 Å². The molecule has 2 aromatic rings. The lowest BCUT2D eigenvalue weighted by atomic mass is 9.89. The van der Waals surface area contributed by atoms with Crippen molar-refractivity contribution in [2.24, 2.45) is 0 Å². The van der Waals surface area contributed by atoms with Gasteiger partial charge in [-0.1, -0.05) is 42.6 Å². The van der Waals surface area contributed by atoms with Crippen molar-refractivity contribution >= 4 is 0 Å². The Kier molecular flexibility index (Phi) is 5.39. The fourth-order valence-corrected chi connectivity index (χ4v) is 3.19. The molecular weight excluding hydrogens is 293 g/mol. The van der Waals surface area contributed by atoms with Gasteiger partial charge in [-0.2, -0.15) is 4.98 Å². The third-order valence-corrected chi connectivity index (χ3v) is 4.54. The van der Waals surface area contributed by atoms with Gasteiger partial charge in [0, 0.05) is 12.0 Å². The molecule has 1 N–H and O–H groups in total. The zero-order chi connectivity index (χ0) is 16.1. The fourth-order valence-electron chi connectivity index (χ4n) is 3.19. The molecule has 0 bridgehead atoms. The molecular formula is C18H24FN3O. The molecule has 1 aliphatic rings. The second kappa shape index (κ2) is 7.68. The van der Waals surface area contributed by atoms with Gasteiger partial charge in [-0.3, -0.25) is 0 Å². The molecule has 0 spiro atoms. The van der Waals surface area contributed by atoms with E-state index in [-0.39, 0.29) is 11.9 Å². The Bertz CT molecular complexity index is 622. The summed E-state index contributed by atoms with van der Waals surface area (Å²) in [6.07, 6.45) is 6.79. The van der Waals surface area contributed by atoms with Gasteiger partial charge in [-0.25, -0.2) is 4.39 Å². The molecule has 0 radical (unpaired) electrons. The van der Waals surface area contributed by atoms with E-state index in [1.165, 1.54) is 25.3 Å². The van der Waals surface area contributed by atoms with Gasteiger partial charge < -0.3 is 9.84 Å². The zero-order valence-electron chi connectivity index (χ0n) is 13.6. The van der Waals surface area contributed by atoms with Crippen molar-refractivity contribution < 1.29 is 8.91 Å². The first kappa shape index (κ1) is 16.1. The number of nitrogens with zero attached hydrogens (tertiary/aromatic N) is 2. The van der Waals surface area contributed by atoms with Crippen LogP contribution >= 0.6 is 0 Å². The second-order valence-electron chi connectivity index (χ2n) is 6.46. The van der Waals surface area contributed by atoms with Gasteiger partial charge in [-0.05, 0) is 37.8 Å². The minimum atomic E-state index is -0.154. The highest BCUT2D eigenvalue weighted by Crippen LogP contribution is 2.30. The molecule has 5 heteroatoms. The number of hydrogen-bond acceptors (Lipinski definition) is 4. The molecule has 1 aliphatic carbocycles. The van der Waals surface area contributed by atoms with Gasteiger partial charge in [0.1, 0.15) is 5.82 Å². The first-order chi connectivity index (χ1) is 11.2. The predicted octanol–water partition coefficient (Wildman–Crippen LogP) is 3.98. The highest BCUT2D eigenvalue weighted by Gasteiger charge is 2.21. The quantitative estimate of drug-likeness (QED) is 0.875. The predicted molar refractivity (Wildman–Crippen MR) is 86.5 cm³/mol. The average molecular weight is 317 g/mol. The third-order valence-electron chi connectivity index (χ3n) is 4.54. The number of nitrogens with one attached hydrogen (secondary N) is 1. The molecule has 1 saturated carbocycles. The van der Waals surface area contributed by atoms with Crippen LogP contribution in [-0.2, 0) is 13.0 Å². The molecule has 1 heterocycles. The molecule has 1 atom stereocenters. The molecule has 1 aromatic carbocycles. The Morgan fingerprint density at radius 3 is 2.83 bits per heavy atom. The van der Waals surface area contributed by atoms with Gasteiger partial charge in [-0.15, -0.1) is 0 Å². The first-order valence-electron chi connectivity index (χ1n) is 8.51. The van der Waals surface area contributed by atoms with Crippen LogP contribution in [0.25, 0.3) is 0 Å². The minimum absolute atomic E-state index is 0.136. The first-order valence-corrected chi connectivity index (χ1v) is 8.51. The fraction of sp³-hybridized carbons (Fsp3) is 0.556. The molecule has 23 heavy (non-hydrogen) atoms. The highest BCUT2D eigenvalue weighted by molar-refractivity contribution is 5.18. The standard InChI is InChI=1S/C18H24FN3O/c1-13(11-15-9-5-6-10-16(15)19)20-12-17-21-18(22-23-17)14-7-3-2-4-8-14/h5-6,9-10,13-14,20H,2-4,7-8,11-12H2,1H3/t13-/m0/s1. The van der Waals surface area contributed by atoms with E-state index >= 15 is 0 Å². The zero-order valence-corrected chi connectivity index (χ0v) is 13.6. The van der Waals surface area contributed by atoms with Gasteiger partial charge in [0.15, 0.2) is 5.82 Å². The van der Waals surface area contributed by atoms with E-state index in [0.717, 1.165) is 24.2 Å². The maximum Gasteiger partial charge on any atom is 0.240 e. The molecule has 4 nitrogen and oxygen atoms in total. The van der Waals surface area contributed by atoms with E-state index < -0.39 is 0 Å². The van der Waals surface area contributed by atoms with Crippen LogP contribution in [0, 0.1) is 5.82 Å². The van der Waals surface area contributed by atoms with E-state index in [1.807, 2.05) is 19.1 Å². The molecule has 1 fully saturated rings. The second-order valence-corrected chi connectivity index (χ2v) is 6.46. The maximum absolute atomic E-state index is 13.7. The SMILES string of the molecule is C[C@@H](Cc1ccccc1F)NCc1nc(C2CCCCC2)no1. The summed E-state index contributed by atoms with van der Waals surface area (Å²) in [4.78, 5) is 4.52. The minimum Gasteiger partial charge on any atom is -0.338 e. The van der Waals surface area contributed by atoms with Crippen LogP contribution in [0.2, 0.25) is 0 Å². The van der Waals surface area contributed by atoms with Crippen molar-refractivity contribution in [3.8, 4) is 0 Å². The molecule has 0 unspecified atom stereocenters. The maximum atomic E-state index is 13.7. The largest absolute Gasteiger partial charge is 0.338 e. The van der Waals surface area contributed by atoms with Crippen molar-refractivity contribution in [2.45, 2.75) is 64.0 Å². The van der Waals surface area contributed by atoms with Gasteiger partial charge in [0.2, 0.25) is 5.89 Å². The number of rotatable bonds is 6. The van der Waals surface area contributed by atoms with Crippen LogP contribution < -0.4 is 5.32 Å². The van der Waals surface area contributed by atoms with Gasteiger partial charge in [0.25, 0.3) is 0 Å². The van der Waals surface area contributed by atoms with Crippen LogP contribution in [0.5, 0.6) is 0 Å². The number of hydrogen-bond donors (Lipinski definition) is 1. The number of halogens is 1. The number of benzene rings is 1. The number of aromatic nitrogens is 2. The van der Waals surface area contributed by atoms with E-state index in [1.54, 1.807) is 6.07 Å². The molecule has 0 aliphatic heterocycles. The molecule has 3 rings (SSSR count). The van der Waals surface area contributed by atoms with Gasteiger partial charge in [0.05, 0.1) is 6.54 Å². The average Bonchev–Trinajstić information content (AvgIpc) is 3.05. The smallest absolute Gasteiger partial charge is 0.240 e. The van der Waals surface area contributed by atoms with Gasteiger partial charge >= 0.3 is 0 Å². The lowest BCUT2D eigenvalue weighted by Gasteiger charge is -2.17. The van der Waals surface area contributed by atoms with Crippen LogP contribution in [0.15, 0.2) is 28.8 Å². The summed E-state index contributed by atoms with van der Waals surface area (Å²) < 4.78 is 19.0. The van der Waals surface area contributed by atoms with E-state index in [0.29, 0.717) is 24.8 Å². The Morgan fingerprint density at radius 1 is 1.26 bits per heavy atom. The monoisotopic (exact) mass is 317 g/mol. The van der Waals surface area contributed by atoms with E-state index in [9.17, 15) is 4.39 Å². The molecule has 0 saturated heterocycles. The Morgan fingerprint density at radius 2 is 2.04 bits per heavy atom. The van der Waals surface area contributed by atoms with Crippen molar-refractivity contribution in [1.29, 1.82) is 0 Å². The molecule has 124 valence electrons. The third kappa shape index (κ3) is 4.38. The topological polar surface area (TPSA) is 51.0 Å². The van der Waals surface area contributed by atoms with Crippen LogP contribution in [0.4, 0.5) is 4.39 Å². The van der Waals surface area contributed by atoms with Crippen molar-refractivity contribution in [2.75, 3.05) is 0 Å². The van der Waals surface area contributed by atoms with Crippen molar-refractivity contribution in [1.82, 2.24) is 15.5 Å². The lowest BCUT2D eigenvalue weighted by molar-refractivity contribution is 0.345.